The highest BCUT2D eigenvalue weighted by Gasteiger charge is 2.32. The van der Waals surface area contributed by atoms with Crippen molar-refractivity contribution in [3.05, 3.63) is 34.8 Å². The summed E-state index contributed by atoms with van der Waals surface area (Å²) >= 11 is 0. The Hall–Kier alpha value is -1.97. The molecule has 0 amide bonds. The van der Waals surface area contributed by atoms with Crippen LogP contribution in [-0.2, 0) is 6.42 Å². The first-order valence-corrected chi connectivity index (χ1v) is 7.45. The molecule has 3 nitrogen and oxygen atoms in total. The van der Waals surface area contributed by atoms with Gasteiger partial charge in [0.05, 0.1) is 0 Å². The minimum atomic E-state index is -0.367. The molecule has 1 N–H and O–H groups in total. The fourth-order valence-electron chi connectivity index (χ4n) is 3.59. The van der Waals surface area contributed by atoms with Gasteiger partial charge < -0.3 is 4.98 Å². The average molecular weight is 284 g/mol. The lowest BCUT2D eigenvalue weighted by molar-refractivity contribution is 0.100. The number of carbonyl (C=O) groups is 1. The van der Waals surface area contributed by atoms with Crippen LogP contribution in [0.3, 0.4) is 0 Å². The van der Waals surface area contributed by atoms with Crippen molar-refractivity contribution in [3.63, 3.8) is 0 Å². The van der Waals surface area contributed by atoms with Crippen LogP contribution in [0, 0.1) is 17.7 Å². The molecule has 2 aromatic rings. The summed E-state index contributed by atoms with van der Waals surface area (Å²) in [5.41, 5.74) is 4.38. The monoisotopic (exact) mass is 284 g/mol. The molecule has 0 spiro atoms. The second-order valence-electron chi connectivity index (χ2n) is 6.45. The molecule has 0 saturated carbocycles. The second-order valence-corrected chi connectivity index (χ2v) is 6.45. The molecule has 0 fully saturated rings. The van der Waals surface area contributed by atoms with Gasteiger partial charge in [-0.05, 0) is 36.8 Å². The molecule has 0 radical (unpaired) electrons. The van der Waals surface area contributed by atoms with Gasteiger partial charge in [0.2, 0.25) is 0 Å². The van der Waals surface area contributed by atoms with Crippen LogP contribution >= 0.6 is 0 Å². The van der Waals surface area contributed by atoms with Gasteiger partial charge in [0, 0.05) is 33.4 Å². The number of aromatic nitrogens is 1. The van der Waals surface area contributed by atoms with Crippen molar-refractivity contribution in [2.24, 2.45) is 16.8 Å². The Kier molecular flexibility index (Phi) is 2.59. The van der Waals surface area contributed by atoms with Crippen molar-refractivity contribution in [3.8, 4) is 0 Å². The summed E-state index contributed by atoms with van der Waals surface area (Å²) in [6, 6.07) is 2.84. The molecule has 4 rings (SSSR count). The predicted octanol–water partition coefficient (Wildman–Crippen LogP) is 3.51. The third-order valence-corrected chi connectivity index (χ3v) is 4.81. The van der Waals surface area contributed by atoms with E-state index in [2.05, 4.69) is 23.8 Å². The Morgan fingerprint density at radius 1 is 1.33 bits per heavy atom. The van der Waals surface area contributed by atoms with Crippen molar-refractivity contribution in [1.82, 2.24) is 4.98 Å². The maximum Gasteiger partial charge on any atom is 0.185 e. The van der Waals surface area contributed by atoms with Crippen molar-refractivity contribution in [2.45, 2.75) is 26.7 Å². The first-order chi connectivity index (χ1) is 10.0. The lowest BCUT2D eigenvalue weighted by Gasteiger charge is -2.26. The molecule has 0 saturated heterocycles. The van der Waals surface area contributed by atoms with Gasteiger partial charge in [0.25, 0.3) is 0 Å². The van der Waals surface area contributed by atoms with Gasteiger partial charge in [-0.2, -0.15) is 0 Å². The summed E-state index contributed by atoms with van der Waals surface area (Å²) in [7, 11) is 0. The molecule has 0 bridgehead atoms. The van der Waals surface area contributed by atoms with E-state index < -0.39 is 0 Å². The van der Waals surface area contributed by atoms with E-state index in [4.69, 9.17) is 0 Å². The number of aliphatic imine (C=N–C) groups is 1. The Labute approximate surface area is 122 Å². The van der Waals surface area contributed by atoms with Crippen LogP contribution < -0.4 is 0 Å². The zero-order chi connectivity index (χ0) is 14.7. The molecule has 1 atom stereocenters. The minimum absolute atomic E-state index is 0.0932. The number of Topliss-reactive ketones (excluding diaryl/α,β-unsaturated/α-hetero) is 1. The fourth-order valence-corrected chi connectivity index (χ4v) is 3.59. The average Bonchev–Trinajstić information content (AvgIpc) is 2.73. The van der Waals surface area contributed by atoms with E-state index in [1.54, 1.807) is 0 Å². The van der Waals surface area contributed by atoms with E-state index in [9.17, 15) is 9.18 Å². The largest absolute Gasteiger partial charge is 0.358 e. The third-order valence-electron chi connectivity index (χ3n) is 4.81. The molecule has 1 aromatic heterocycles. The molecule has 108 valence electrons. The number of aromatic amines is 1. The second kappa shape index (κ2) is 4.26. The van der Waals surface area contributed by atoms with Crippen LogP contribution in [0.5, 0.6) is 0 Å². The number of H-pyrrole nitrogens is 1. The minimum Gasteiger partial charge on any atom is -0.358 e. The van der Waals surface area contributed by atoms with E-state index in [0.29, 0.717) is 17.4 Å². The number of hydrogen-bond donors (Lipinski definition) is 1. The first kappa shape index (κ1) is 12.7. The lowest BCUT2D eigenvalue weighted by atomic mass is 9.79. The molecular formula is C17H17FN2O. The van der Waals surface area contributed by atoms with Crippen LogP contribution in [0.1, 0.15) is 41.9 Å². The smallest absolute Gasteiger partial charge is 0.185 e. The maximum absolute atomic E-state index is 13.8. The normalized spacial score (nSPS) is 20.9. The number of hydrogen-bond acceptors (Lipinski definition) is 2. The summed E-state index contributed by atoms with van der Waals surface area (Å²) in [6.07, 6.45) is 1.84. The maximum atomic E-state index is 13.8. The summed E-state index contributed by atoms with van der Waals surface area (Å²) in [6.45, 7) is 4.56. The van der Waals surface area contributed by atoms with Gasteiger partial charge in [-0.15, -0.1) is 0 Å². The van der Waals surface area contributed by atoms with Crippen LogP contribution in [0.15, 0.2) is 17.1 Å². The zero-order valence-electron chi connectivity index (χ0n) is 12.2. The number of benzene rings is 1. The quantitative estimate of drug-likeness (QED) is 0.855. The van der Waals surface area contributed by atoms with E-state index in [1.165, 1.54) is 12.1 Å². The molecule has 1 aliphatic carbocycles. The number of rotatable bonds is 1. The van der Waals surface area contributed by atoms with Crippen LogP contribution in [0.4, 0.5) is 4.39 Å². The summed E-state index contributed by atoms with van der Waals surface area (Å²) in [4.78, 5) is 20.1. The van der Waals surface area contributed by atoms with Gasteiger partial charge in [-0.25, -0.2) is 4.39 Å². The summed E-state index contributed by atoms with van der Waals surface area (Å²) in [5.74, 6) is 0.617. The van der Waals surface area contributed by atoms with Gasteiger partial charge in [0.15, 0.2) is 5.78 Å². The van der Waals surface area contributed by atoms with Gasteiger partial charge in [-0.3, -0.25) is 9.79 Å². The Morgan fingerprint density at radius 2 is 2.14 bits per heavy atom. The highest BCUT2D eigenvalue weighted by Crippen LogP contribution is 2.38. The first-order valence-electron chi connectivity index (χ1n) is 7.45. The van der Waals surface area contributed by atoms with Crippen LogP contribution in [0.25, 0.3) is 10.9 Å². The van der Waals surface area contributed by atoms with Crippen molar-refractivity contribution < 1.29 is 9.18 Å². The Balaban J connectivity index is 2.04. The molecule has 2 heterocycles. The van der Waals surface area contributed by atoms with Gasteiger partial charge >= 0.3 is 0 Å². The molecule has 4 heteroatoms. The van der Waals surface area contributed by atoms with Gasteiger partial charge in [0.1, 0.15) is 12.4 Å². The van der Waals surface area contributed by atoms with Crippen molar-refractivity contribution >= 4 is 22.4 Å². The molecule has 1 aliphatic heterocycles. The highest BCUT2D eigenvalue weighted by atomic mass is 19.1. The lowest BCUT2D eigenvalue weighted by Crippen LogP contribution is -2.24. The number of nitrogens with one attached hydrogen (secondary N) is 1. The zero-order valence-corrected chi connectivity index (χ0v) is 12.2. The molecule has 1 aromatic carbocycles. The number of nitrogens with zero attached hydrogens (tertiary/aromatic N) is 1. The molecular weight excluding hydrogens is 267 g/mol. The van der Waals surface area contributed by atoms with E-state index in [1.807, 2.05) is 0 Å². The Morgan fingerprint density at radius 3 is 2.90 bits per heavy atom. The molecule has 1 unspecified atom stereocenters. The number of carbonyl (C=O) groups excluding carboxylic acids is 1. The molecule has 2 aliphatic rings. The summed E-state index contributed by atoms with van der Waals surface area (Å²) < 4.78 is 13.8. The third kappa shape index (κ3) is 1.78. The topological polar surface area (TPSA) is 45.2 Å². The Bertz CT molecular complexity index is 801. The standard InChI is InChI=1S/C17H17FN2O/c1-8(2)9-3-12-17-13(4-9)20-14-6-10(18)5-11(16(14)17)15(21)7-19-12/h5-6,8-9,20H,3-4,7H2,1-2H3. The van der Waals surface area contributed by atoms with Crippen molar-refractivity contribution in [1.29, 1.82) is 0 Å². The van der Waals surface area contributed by atoms with E-state index >= 15 is 0 Å². The number of ketones is 1. The summed E-state index contributed by atoms with van der Waals surface area (Å²) in [5, 5.41) is 0.870. The molecule has 21 heavy (non-hydrogen) atoms. The van der Waals surface area contributed by atoms with Gasteiger partial charge in [-0.1, -0.05) is 13.8 Å². The van der Waals surface area contributed by atoms with Crippen molar-refractivity contribution in [2.75, 3.05) is 6.54 Å². The van der Waals surface area contributed by atoms with Crippen LogP contribution in [0.2, 0.25) is 0 Å². The highest BCUT2D eigenvalue weighted by molar-refractivity contribution is 6.22. The van der Waals surface area contributed by atoms with Crippen LogP contribution in [-0.4, -0.2) is 23.0 Å². The SMILES string of the molecule is CC(C)C1CC2=NCC(=O)c3cc(F)cc4[nH]c(c2c34)C1. The number of halogens is 1. The van der Waals surface area contributed by atoms with E-state index in [0.717, 1.165) is 40.7 Å². The fraction of sp³-hybridized carbons (Fsp3) is 0.412. The predicted molar refractivity (Wildman–Crippen MR) is 80.6 cm³/mol. The van der Waals surface area contributed by atoms with E-state index in [-0.39, 0.29) is 18.1 Å².